The Balaban J connectivity index is 1.50. The van der Waals surface area contributed by atoms with Gasteiger partial charge < -0.3 is 5.73 Å². The van der Waals surface area contributed by atoms with Crippen molar-refractivity contribution in [3.8, 4) is 0 Å². The number of piperidine rings is 1. The van der Waals surface area contributed by atoms with Gasteiger partial charge in [0, 0.05) is 38.3 Å². The molecule has 3 aliphatic rings. The third kappa shape index (κ3) is 2.72. The van der Waals surface area contributed by atoms with E-state index < -0.39 is 0 Å². The van der Waals surface area contributed by atoms with Crippen LogP contribution in [-0.4, -0.2) is 54.6 Å². The zero-order chi connectivity index (χ0) is 11.7. The van der Waals surface area contributed by atoms with Gasteiger partial charge in [-0.25, -0.2) is 0 Å². The summed E-state index contributed by atoms with van der Waals surface area (Å²) in [7, 11) is 0. The van der Waals surface area contributed by atoms with Gasteiger partial charge in [-0.3, -0.25) is 9.80 Å². The van der Waals surface area contributed by atoms with Crippen LogP contribution in [0.2, 0.25) is 0 Å². The van der Waals surface area contributed by atoms with E-state index in [0.717, 1.165) is 12.5 Å². The Bertz CT molecular complexity index is 289. The van der Waals surface area contributed by atoms with E-state index in [1.807, 2.05) is 0 Å². The number of hydrogen-bond donors (Lipinski definition) is 1. The molecular formula is C14H25N3. The lowest BCUT2D eigenvalue weighted by Crippen LogP contribution is -2.55. The molecule has 0 radical (unpaired) electrons. The predicted molar refractivity (Wildman–Crippen MR) is 70.9 cm³/mol. The third-order valence-corrected chi connectivity index (χ3v) is 4.62. The molecule has 3 atom stereocenters. The lowest BCUT2D eigenvalue weighted by Gasteiger charge is -2.44. The van der Waals surface area contributed by atoms with E-state index in [4.69, 9.17) is 5.73 Å². The van der Waals surface area contributed by atoms with E-state index in [9.17, 15) is 0 Å². The molecule has 0 aromatic rings. The number of nitrogens with two attached hydrogens (primary N) is 1. The van der Waals surface area contributed by atoms with Crippen molar-refractivity contribution >= 4 is 0 Å². The van der Waals surface area contributed by atoms with Crippen LogP contribution in [-0.2, 0) is 0 Å². The van der Waals surface area contributed by atoms with Crippen LogP contribution in [0.5, 0.6) is 0 Å². The minimum absolute atomic E-state index is 0.316. The van der Waals surface area contributed by atoms with E-state index in [2.05, 4.69) is 22.0 Å². The molecule has 0 amide bonds. The maximum atomic E-state index is 5.92. The molecule has 0 bridgehead atoms. The molecule has 2 fully saturated rings. The molecule has 0 aromatic heterocycles. The summed E-state index contributed by atoms with van der Waals surface area (Å²) in [5.41, 5.74) is 5.92. The van der Waals surface area contributed by atoms with Gasteiger partial charge in [-0.2, -0.15) is 0 Å². The number of piperazine rings is 1. The van der Waals surface area contributed by atoms with Gasteiger partial charge in [-0.15, -0.1) is 0 Å². The summed E-state index contributed by atoms with van der Waals surface area (Å²) in [6.45, 7) is 6.41. The van der Waals surface area contributed by atoms with Gasteiger partial charge in [-0.1, -0.05) is 18.6 Å². The Morgan fingerprint density at radius 1 is 1.12 bits per heavy atom. The normalized spacial score (nSPS) is 39.5. The SMILES string of the molecule is NC1C=CC(CN2CCN3CCCCC3C2)C1. The van der Waals surface area contributed by atoms with Crippen LogP contribution in [0.15, 0.2) is 12.2 Å². The minimum atomic E-state index is 0.316. The van der Waals surface area contributed by atoms with Crippen molar-refractivity contribution in [1.29, 1.82) is 0 Å². The lowest BCUT2D eigenvalue weighted by molar-refractivity contribution is 0.0446. The topological polar surface area (TPSA) is 32.5 Å². The van der Waals surface area contributed by atoms with Crippen LogP contribution in [0.3, 0.4) is 0 Å². The first-order chi connectivity index (χ1) is 8.31. The molecule has 2 aliphatic heterocycles. The van der Waals surface area contributed by atoms with E-state index in [0.29, 0.717) is 12.0 Å². The van der Waals surface area contributed by atoms with Crippen LogP contribution in [0.4, 0.5) is 0 Å². The highest BCUT2D eigenvalue weighted by molar-refractivity contribution is 5.05. The number of rotatable bonds is 2. The summed E-state index contributed by atoms with van der Waals surface area (Å²) in [6, 6.07) is 1.16. The summed E-state index contributed by atoms with van der Waals surface area (Å²) < 4.78 is 0. The summed E-state index contributed by atoms with van der Waals surface area (Å²) in [5.74, 6) is 0.708. The van der Waals surface area contributed by atoms with Crippen LogP contribution in [0.25, 0.3) is 0 Å². The maximum Gasteiger partial charge on any atom is 0.0229 e. The van der Waals surface area contributed by atoms with Gasteiger partial charge in [0.05, 0.1) is 0 Å². The smallest absolute Gasteiger partial charge is 0.0229 e. The molecule has 3 heteroatoms. The molecule has 2 saturated heterocycles. The molecule has 1 aliphatic carbocycles. The highest BCUT2D eigenvalue weighted by Crippen LogP contribution is 2.23. The molecule has 17 heavy (non-hydrogen) atoms. The van der Waals surface area contributed by atoms with E-state index in [1.165, 1.54) is 52.0 Å². The van der Waals surface area contributed by atoms with Crippen LogP contribution < -0.4 is 5.73 Å². The molecule has 0 spiro atoms. The minimum Gasteiger partial charge on any atom is -0.324 e. The zero-order valence-corrected chi connectivity index (χ0v) is 10.7. The standard InChI is InChI=1S/C14H25N3/c15-13-5-4-12(9-13)10-16-7-8-17-6-2-1-3-14(17)11-16/h4-5,12-14H,1-3,6-11,15H2. The largest absolute Gasteiger partial charge is 0.324 e. The quantitative estimate of drug-likeness (QED) is 0.727. The highest BCUT2D eigenvalue weighted by Gasteiger charge is 2.30. The summed E-state index contributed by atoms with van der Waals surface area (Å²) in [4.78, 5) is 5.37. The van der Waals surface area contributed by atoms with Crippen molar-refractivity contribution in [2.45, 2.75) is 37.8 Å². The molecule has 2 heterocycles. The molecule has 0 saturated carbocycles. The first-order valence-electron chi connectivity index (χ1n) is 7.21. The third-order valence-electron chi connectivity index (χ3n) is 4.62. The number of fused-ring (bicyclic) bond motifs is 1. The Morgan fingerprint density at radius 2 is 2.06 bits per heavy atom. The lowest BCUT2D eigenvalue weighted by atomic mass is 9.98. The van der Waals surface area contributed by atoms with E-state index in [1.54, 1.807) is 0 Å². The first kappa shape index (κ1) is 11.7. The summed E-state index contributed by atoms with van der Waals surface area (Å²) in [5, 5.41) is 0. The number of hydrogen-bond acceptors (Lipinski definition) is 3. The van der Waals surface area contributed by atoms with Crippen molar-refractivity contribution < 1.29 is 0 Å². The average Bonchev–Trinajstić information content (AvgIpc) is 2.75. The van der Waals surface area contributed by atoms with Gasteiger partial charge in [0.2, 0.25) is 0 Å². The predicted octanol–water partition coefficient (Wildman–Crippen LogP) is 1.06. The fourth-order valence-electron chi connectivity index (χ4n) is 3.66. The van der Waals surface area contributed by atoms with Gasteiger partial charge in [0.1, 0.15) is 0 Å². The summed E-state index contributed by atoms with van der Waals surface area (Å²) in [6.07, 6.45) is 9.93. The van der Waals surface area contributed by atoms with Gasteiger partial charge in [-0.05, 0) is 31.7 Å². The fourth-order valence-corrected chi connectivity index (χ4v) is 3.66. The second-order valence-corrected chi connectivity index (χ2v) is 5.99. The Hall–Kier alpha value is -0.380. The van der Waals surface area contributed by atoms with Crippen molar-refractivity contribution in [3.63, 3.8) is 0 Å². The van der Waals surface area contributed by atoms with Gasteiger partial charge in [0.15, 0.2) is 0 Å². The molecule has 3 nitrogen and oxygen atoms in total. The summed E-state index contributed by atoms with van der Waals surface area (Å²) >= 11 is 0. The van der Waals surface area contributed by atoms with Crippen LogP contribution in [0.1, 0.15) is 25.7 Å². The Morgan fingerprint density at radius 3 is 2.88 bits per heavy atom. The van der Waals surface area contributed by atoms with Crippen molar-refractivity contribution in [1.82, 2.24) is 9.80 Å². The van der Waals surface area contributed by atoms with Gasteiger partial charge in [0.25, 0.3) is 0 Å². The van der Waals surface area contributed by atoms with Crippen molar-refractivity contribution in [2.24, 2.45) is 11.7 Å². The molecule has 0 aromatic carbocycles. The van der Waals surface area contributed by atoms with E-state index >= 15 is 0 Å². The zero-order valence-electron chi connectivity index (χ0n) is 10.7. The molecular weight excluding hydrogens is 210 g/mol. The molecule has 3 rings (SSSR count). The van der Waals surface area contributed by atoms with Crippen LogP contribution in [0, 0.1) is 5.92 Å². The second kappa shape index (κ2) is 5.09. The maximum absolute atomic E-state index is 5.92. The molecule has 96 valence electrons. The highest BCUT2D eigenvalue weighted by atomic mass is 15.3. The van der Waals surface area contributed by atoms with Crippen molar-refractivity contribution in [2.75, 3.05) is 32.7 Å². The van der Waals surface area contributed by atoms with Gasteiger partial charge >= 0.3 is 0 Å². The fraction of sp³-hybridized carbons (Fsp3) is 0.857. The Labute approximate surface area is 105 Å². The second-order valence-electron chi connectivity index (χ2n) is 5.99. The first-order valence-corrected chi connectivity index (χ1v) is 7.21. The monoisotopic (exact) mass is 235 g/mol. The molecule has 2 N–H and O–H groups in total. The Kier molecular flexibility index (Phi) is 3.50. The average molecular weight is 235 g/mol. The van der Waals surface area contributed by atoms with Crippen LogP contribution >= 0.6 is 0 Å². The molecule has 3 unspecified atom stereocenters. The van der Waals surface area contributed by atoms with Crippen molar-refractivity contribution in [3.05, 3.63) is 12.2 Å². The van der Waals surface area contributed by atoms with E-state index in [-0.39, 0.29) is 0 Å². The number of nitrogens with zero attached hydrogens (tertiary/aromatic N) is 2.